The molecule has 2 rings (SSSR count). The molecule has 2 heterocycles. The summed E-state index contributed by atoms with van der Waals surface area (Å²) in [6.07, 6.45) is 1.76. The van der Waals surface area contributed by atoms with Gasteiger partial charge in [-0.05, 0) is 6.92 Å². The average molecular weight is 225 g/mol. The van der Waals surface area contributed by atoms with Crippen LogP contribution in [-0.2, 0) is 11.3 Å². The average Bonchev–Trinajstić information content (AvgIpc) is 2.55. The normalized spacial score (nSPS) is 18.1. The third-order valence-corrected chi connectivity index (χ3v) is 2.70. The number of nitrogens with zero attached hydrogens (tertiary/aromatic N) is 1. The number of rotatable bonds is 5. The van der Waals surface area contributed by atoms with Crippen LogP contribution in [0.5, 0.6) is 0 Å². The van der Waals surface area contributed by atoms with Crippen LogP contribution in [0.25, 0.3) is 0 Å². The van der Waals surface area contributed by atoms with E-state index in [9.17, 15) is 4.79 Å². The van der Waals surface area contributed by atoms with Crippen molar-refractivity contribution in [2.24, 2.45) is 0 Å². The fourth-order valence-corrected chi connectivity index (χ4v) is 1.78. The molecule has 1 aromatic rings. The third-order valence-electron chi connectivity index (χ3n) is 2.70. The van der Waals surface area contributed by atoms with Gasteiger partial charge in [-0.1, -0.05) is 0 Å². The molecule has 88 valence electrons. The summed E-state index contributed by atoms with van der Waals surface area (Å²) in [7, 11) is 0. The minimum atomic E-state index is -0.794. The van der Waals surface area contributed by atoms with Gasteiger partial charge in [0.05, 0.1) is 24.7 Å². The monoisotopic (exact) mass is 225 g/mol. The van der Waals surface area contributed by atoms with Crippen molar-refractivity contribution < 1.29 is 14.3 Å². The maximum absolute atomic E-state index is 10.7. The predicted octanol–water partition coefficient (Wildman–Crippen LogP) is -0.111. The molecule has 0 aliphatic carbocycles. The predicted molar refractivity (Wildman–Crippen MR) is 55.9 cm³/mol. The van der Waals surface area contributed by atoms with Crippen LogP contribution in [-0.4, -0.2) is 34.7 Å². The van der Waals surface area contributed by atoms with E-state index in [-0.39, 0.29) is 12.0 Å². The second kappa shape index (κ2) is 4.23. The van der Waals surface area contributed by atoms with E-state index < -0.39 is 5.97 Å². The summed E-state index contributed by atoms with van der Waals surface area (Å²) in [6.45, 7) is 3.62. The molecule has 0 atom stereocenters. The van der Waals surface area contributed by atoms with Crippen molar-refractivity contribution in [2.45, 2.75) is 25.4 Å². The Morgan fingerprint density at radius 3 is 2.94 bits per heavy atom. The SMILES string of the molecule is Cc1cnc(CNC2(CC(=O)O)CNC2)o1. The van der Waals surface area contributed by atoms with Gasteiger partial charge in [0.25, 0.3) is 0 Å². The quantitative estimate of drug-likeness (QED) is 0.648. The number of aryl methyl sites for hydroxylation is 1. The molecule has 0 saturated carbocycles. The van der Waals surface area contributed by atoms with E-state index in [1.165, 1.54) is 0 Å². The molecule has 1 aliphatic heterocycles. The summed E-state index contributed by atoms with van der Waals surface area (Å²) in [5.41, 5.74) is -0.353. The number of hydrogen-bond acceptors (Lipinski definition) is 5. The summed E-state index contributed by atoms with van der Waals surface area (Å²) in [6, 6.07) is 0. The topological polar surface area (TPSA) is 87.4 Å². The van der Waals surface area contributed by atoms with Crippen molar-refractivity contribution in [1.29, 1.82) is 0 Å². The maximum Gasteiger partial charge on any atom is 0.305 e. The highest BCUT2D eigenvalue weighted by Gasteiger charge is 2.38. The molecule has 0 unspecified atom stereocenters. The number of hydrogen-bond donors (Lipinski definition) is 3. The van der Waals surface area contributed by atoms with Crippen LogP contribution in [0.1, 0.15) is 18.1 Å². The summed E-state index contributed by atoms with van der Waals surface area (Å²) in [5.74, 6) is 0.558. The lowest BCUT2D eigenvalue weighted by Gasteiger charge is -2.42. The van der Waals surface area contributed by atoms with Gasteiger partial charge < -0.3 is 14.8 Å². The van der Waals surface area contributed by atoms with Crippen molar-refractivity contribution in [2.75, 3.05) is 13.1 Å². The van der Waals surface area contributed by atoms with Gasteiger partial charge in [0.15, 0.2) is 0 Å². The van der Waals surface area contributed by atoms with E-state index in [2.05, 4.69) is 15.6 Å². The maximum atomic E-state index is 10.7. The Labute approximate surface area is 93.0 Å². The van der Waals surface area contributed by atoms with Crippen LogP contribution < -0.4 is 10.6 Å². The number of carboxylic acids is 1. The highest BCUT2D eigenvalue weighted by Crippen LogP contribution is 2.16. The van der Waals surface area contributed by atoms with E-state index in [1.54, 1.807) is 6.20 Å². The first kappa shape index (κ1) is 11.1. The number of carbonyl (C=O) groups is 1. The Hall–Kier alpha value is -1.40. The van der Waals surface area contributed by atoms with Gasteiger partial charge in [0.2, 0.25) is 5.89 Å². The molecule has 0 aromatic carbocycles. The first-order valence-corrected chi connectivity index (χ1v) is 5.18. The summed E-state index contributed by atoms with van der Waals surface area (Å²) in [5, 5.41) is 15.1. The molecular formula is C10H15N3O3. The van der Waals surface area contributed by atoms with Crippen LogP contribution in [0.3, 0.4) is 0 Å². The van der Waals surface area contributed by atoms with Gasteiger partial charge in [0, 0.05) is 13.1 Å². The zero-order chi connectivity index (χ0) is 11.6. The zero-order valence-electron chi connectivity index (χ0n) is 9.12. The fraction of sp³-hybridized carbons (Fsp3) is 0.600. The van der Waals surface area contributed by atoms with E-state index in [0.29, 0.717) is 25.5 Å². The molecule has 1 saturated heterocycles. The largest absolute Gasteiger partial charge is 0.481 e. The molecule has 16 heavy (non-hydrogen) atoms. The molecule has 1 aliphatic rings. The van der Waals surface area contributed by atoms with E-state index in [1.807, 2.05) is 6.92 Å². The lowest BCUT2D eigenvalue weighted by atomic mass is 9.88. The van der Waals surface area contributed by atoms with Crippen LogP contribution in [0.2, 0.25) is 0 Å². The van der Waals surface area contributed by atoms with Gasteiger partial charge in [0.1, 0.15) is 5.76 Å². The van der Waals surface area contributed by atoms with Crippen LogP contribution >= 0.6 is 0 Å². The van der Waals surface area contributed by atoms with Crippen molar-refractivity contribution in [3.8, 4) is 0 Å². The van der Waals surface area contributed by atoms with E-state index >= 15 is 0 Å². The number of aromatic nitrogens is 1. The first-order valence-electron chi connectivity index (χ1n) is 5.18. The standard InChI is InChI=1S/C10H15N3O3/c1-7-3-12-8(16-7)4-13-10(2-9(14)15)5-11-6-10/h3,11,13H,2,4-6H2,1H3,(H,14,15). The molecule has 0 bridgehead atoms. The molecule has 1 fully saturated rings. The van der Waals surface area contributed by atoms with E-state index in [4.69, 9.17) is 9.52 Å². The molecule has 0 amide bonds. The summed E-state index contributed by atoms with van der Waals surface area (Å²) < 4.78 is 5.31. The van der Waals surface area contributed by atoms with Crippen molar-refractivity contribution in [3.63, 3.8) is 0 Å². The van der Waals surface area contributed by atoms with Gasteiger partial charge >= 0.3 is 5.97 Å². The molecule has 1 aromatic heterocycles. The molecule has 3 N–H and O–H groups in total. The van der Waals surface area contributed by atoms with Crippen molar-refractivity contribution >= 4 is 5.97 Å². The zero-order valence-corrected chi connectivity index (χ0v) is 9.12. The van der Waals surface area contributed by atoms with Crippen molar-refractivity contribution in [1.82, 2.24) is 15.6 Å². The lowest BCUT2D eigenvalue weighted by Crippen LogP contribution is -2.68. The lowest BCUT2D eigenvalue weighted by molar-refractivity contribution is -0.139. The molecule has 0 spiro atoms. The summed E-state index contributed by atoms with van der Waals surface area (Å²) in [4.78, 5) is 14.8. The number of nitrogens with one attached hydrogen (secondary N) is 2. The van der Waals surface area contributed by atoms with Crippen LogP contribution in [0.15, 0.2) is 10.6 Å². The minimum Gasteiger partial charge on any atom is -0.481 e. The third kappa shape index (κ3) is 2.40. The van der Waals surface area contributed by atoms with Gasteiger partial charge in [-0.25, -0.2) is 4.98 Å². The molecular weight excluding hydrogens is 210 g/mol. The minimum absolute atomic E-state index is 0.111. The Morgan fingerprint density at radius 2 is 2.50 bits per heavy atom. The van der Waals surface area contributed by atoms with E-state index in [0.717, 1.165) is 5.76 Å². The number of oxazole rings is 1. The number of carboxylic acid groups (broad SMARTS) is 1. The highest BCUT2D eigenvalue weighted by molar-refractivity contribution is 5.68. The first-order chi connectivity index (χ1) is 7.60. The fourth-order valence-electron chi connectivity index (χ4n) is 1.78. The number of aliphatic carboxylic acids is 1. The highest BCUT2D eigenvalue weighted by atomic mass is 16.4. The smallest absolute Gasteiger partial charge is 0.305 e. The Balaban J connectivity index is 1.90. The van der Waals surface area contributed by atoms with Gasteiger partial charge in [-0.15, -0.1) is 0 Å². The molecule has 6 heteroatoms. The summed E-state index contributed by atoms with van der Waals surface area (Å²) >= 11 is 0. The van der Waals surface area contributed by atoms with Crippen LogP contribution in [0.4, 0.5) is 0 Å². The second-order valence-corrected chi connectivity index (χ2v) is 4.17. The van der Waals surface area contributed by atoms with Crippen molar-refractivity contribution in [3.05, 3.63) is 17.8 Å². The molecule has 6 nitrogen and oxygen atoms in total. The van der Waals surface area contributed by atoms with Crippen LogP contribution in [0, 0.1) is 6.92 Å². The Morgan fingerprint density at radius 1 is 1.75 bits per heavy atom. The van der Waals surface area contributed by atoms with Gasteiger partial charge in [-0.3, -0.25) is 10.1 Å². The Kier molecular flexibility index (Phi) is 2.93. The van der Waals surface area contributed by atoms with Gasteiger partial charge in [-0.2, -0.15) is 0 Å². The second-order valence-electron chi connectivity index (χ2n) is 4.17. The Bertz CT molecular complexity index is 384. The molecule has 0 radical (unpaired) electrons.